The average Bonchev–Trinajstić information content (AvgIpc) is 2.37. The molecule has 0 spiro atoms. The van der Waals surface area contributed by atoms with Gasteiger partial charge in [0.15, 0.2) is 0 Å². The second kappa shape index (κ2) is 8.16. The summed E-state index contributed by atoms with van der Waals surface area (Å²) in [6.07, 6.45) is 3.32. The molecule has 0 bridgehead atoms. The predicted octanol–water partition coefficient (Wildman–Crippen LogP) is 3.66. The lowest BCUT2D eigenvalue weighted by Gasteiger charge is -2.23. The number of hydrogen-bond acceptors (Lipinski definition) is 2. The fourth-order valence-electron chi connectivity index (χ4n) is 2.50. The monoisotopic (exact) mass is 266 g/mol. The van der Waals surface area contributed by atoms with E-state index >= 15 is 0 Å². The number of nitrogens with two attached hydrogens (primary N) is 1. The van der Waals surface area contributed by atoms with Crippen molar-refractivity contribution in [3.8, 4) is 0 Å². The summed E-state index contributed by atoms with van der Waals surface area (Å²) in [5, 5.41) is 0. The van der Waals surface area contributed by atoms with Crippen LogP contribution in [0.4, 0.5) is 10.1 Å². The highest BCUT2D eigenvalue weighted by atomic mass is 19.1. The van der Waals surface area contributed by atoms with Gasteiger partial charge in [-0.05, 0) is 49.8 Å². The molecule has 0 aliphatic rings. The van der Waals surface area contributed by atoms with Gasteiger partial charge in [0, 0.05) is 13.6 Å². The molecule has 3 heteroatoms. The van der Waals surface area contributed by atoms with E-state index < -0.39 is 0 Å². The van der Waals surface area contributed by atoms with Crippen LogP contribution in [0, 0.1) is 17.7 Å². The zero-order chi connectivity index (χ0) is 14.3. The summed E-state index contributed by atoms with van der Waals surface area (Å²) >= 11 is 0. The van der Waals surface area contributed by atoms with Crippen LogP contribution in [0.15, 0.2) is 24.3 Å². The van der Waals surface area contributed by atoms with Crippen molar-refractivity contribution in [3.63, 3.8) is 0 Å². The fourth-order valence-corrected chi connectivity index (χ4v) is 2.50. The lowest BCUT2D eigenvalue weighted by Crippen LogP contribution is -2.22. The van der Waals surface area contributed by atoms with Crippen molar-refractivity contribution in [2.45, 2.75) is 33.1 Å². The molecule has 1 aromatic rings. The largest absolute Gasteiger partial charge is 0.372 e. The minimum absolute atomic E-state index is 0.146. The first-order valence-corrected chi connectivity index (χ1v) is 7.22. The van der Waals surface area contributed by atoms with E-state index in [9.17, 15) is 4.39 Å². The molecule has 0 saturated heterocycles. The second-order valence-electron chi connectivity index (χ2n) is 5.60. The Morgan fingerprint density at radius 1 is 1.21 bits per heavy atom. The number of hydrogen-bond donors (Lipinski definition) is 1. The van der Waals surface area contributed by atoms with E-state index in [1.165, 1.54) is 6.07 Å². The molecule has 1 rings (SSSR count). The van der Waals surface area contributed by atoms with Crippen LogP contribution < -0.4 is 10.6 Å². The average molecular weight is 266 g/mol. The van der Waals surface area contributed by atoms with Crippen molar-refractivity contribution >= 4 is 5.69 Å². The highest BCUT2D eigenvalue weighted by molar-refractivity contribution is 5.46. The molecule has 1 aromatic carbocycles. The SMILES string of the molecule is CC(C)C(CCN)CCCN(C)c1ccccc1F. The molecule has 1 unspecified atom stereocenters. The van der Waals surface area contributed by atoms with Crippen LogP contribution in [0.3, 0.4) is 0 Å². The van der Waals surface area contributed by atoms with E-state index in [4.69, 9.17) is 5.73 Å². The molecule has 0 amide bonds. The Labute approximate surface area is 116 Å². The Bertz CT molecular complexity index is 366. The smallest absolute Gasteiger partial charge is 0.146 e. The molecule has 0 aliphatic heterocycles. The van der Waals surface area contributed by atoms with Gasteiger partial charge in [0.2, 0.25) is 0 Å². The third-order valence-electron chi connectivity index (χ3n) is 3.81. The summed E-state index contributed by atoms with van der Waals surface area (Å²) in [6, 6.07) is 6.94. The van der Waals surface area contributed by atoms with Crippen molar-refractivity contribution in [2.24, 2.45) is 17.6 Å². The molecule has 0 saturated carbocycles. The van der Waals surface area contributed by atoms with Crippen LogP contribution in [0.5, 0.6) is 0 Å². The van der Waals surface area contributed by atoms with Crippen molar-refractivity contribution in [1.82, 2.24) is 0 Å². The van der Waals surface area contributed by atoms with E-state index in [0.717, 1.165) is 32.4 Å². The van der Waals surface area contributed by atoms with Crippen molar-refractivity contribution < 1.29 is 4.39 Å². The van der Waals surface area contributed by atoms with Gasteiger partial charge in [-0.25, -0.2) is 4.39 Å². The fraction of sp³-hybridized carbons (Fsp3) is 0.625. The third kappa shape index (κ3) is 5.19. The van der Waals surface area contributed by atoms with Gasteiger partial charge in [-0.1, -0.05) is 26.0 Å². The van der Waals surface area contributed by atoms with Gasteiger partial charge in [0.25, 0.3) is 0 Å². The van der Waals surface area contributed by atoms with Crippen LogP contribution in [-0.2, 0) is 0 Å². The van der Waals surface area contributed by atoms with Gasteiger partial charge in [0.05, 0.1) is 5.69 Å². The summed E-state index contributed by atoms with van der Waals surface area (Å²) in [5.41, 5.74) is 6.33. The Kier molecular flexibility index (Phi) is 6.85. The Morgan fingerprint density at radius 2 is 1.89 bits per heavy atom. The molecule has 108 valence electrons. The maximum Gasteiger partial charge on any atom is 0.146 e. The van der Waals surface area contributed by atoms with Crippen LogP contribution >= 0.6 is 0 Å². The number of rotatable bonds is 8. The highest BCUT2D eigenvalue weighted by Crippen LogP contribution is 2.22. The number of anilines is 1. The topological polar surface area (TPSA) is 29.3 Å². The minimum Gasteiger partial charge on any atom is -0.372 e. The molecule has 0 heterocycles. The summed E-state index contributed by atoms with van der Waals surface area (Å²) in [7, 11) is 1.95. The summed E-state index contributed by atoms with van der Waals surface area (Å²) in [5.74, 6) is 1.20. The van der Waals surface area contributed by atoms with Gasteiger partial charge in [-0.15, -0.1) is 0 Å². The normalized spacial score (nSPS) is 12.7. The lowest BCUT2D eigenvalue weighted by atomic mass is 9.88. The van der Waals surface area contributed by atoms with Gasteiger partial charge < -0.3 is 10.6 Å². The summed E-state index contributed by atoms with van der Waals surface area (Å²) in [6.45, 7) is 6.14. The summed E-state index contributed by atoms with van der Waals surface area (Å²) < 4.78 is 13.6. The minimum atomic E-state index is -0.146. The van der Waals surface area contributed by atoms with Crippen molar-refractivity contribution in [2.75, 3.05) is 25.0 Å². The van der Waals surface area contributed by atoms with Crippen molar-refractivity contribution in [3.05, 3.63) is 30.1 Å². The van der Waals surface area contributed by atoms with Crippen LogP contribution in [0.25, 0.3) is 0 Å². The molecule has 0 aliphatic carbocycles. The number of nitrogens with zero attached hydrogens (tertiary/aromatic N) is 1. The maximum absolute atomic E-state index is 13.6. The molecule has 2 nitrogen and oxygen atoms in total. The standard InChI is InChI=1S/C16H27FN2/c1-13(2)14(10-11-18)7-6-12-19(3)16-9-5-4-8-15(16)17/h4-5,8-9,13-14H,6-7,10-12,18H2,1-3H3. The Morgan fingerprint density at radius 3 is 2.47 bits per heavy atom. The van der Waals surface area contributed by atoms with E-state index in [0.29, 0.717) is 17.5 Å². The van der Waals surface area contributed by atoms with E-state index in [1.54, 1.807) is 6.07 Å². The molecule has 0 aromatic heterocycles. The van der Waals surface area contributed by atoms with Gasteiger partial charge in [0.1, 0.15) is 5.82 Å². The van der Waals surface area contributed by atoms with Crippen LogP contribution in [0.1, 0.15) is 33.1 Å². The van der Waals surface area contributed by atoms with Gasteiger partial charge in [-0.2, -0.15) is 0 Å². The molecular formula is C16H27FN2. The molecule has 1 atom stereocenters. The first kappa shape index (κ1) is 16.0. The second-order valence-corrected chi connectivity index (χ2v) is 5.60. The number of benzene rings is 1. The molecule has 19 heavy (non-hydrogen) atoms. The highest BCUT2D eigenvalue weighted by Gasteiger charge is 2.13. The van der Waals surface area contributed by atoms with Gasteiger partial charge >= 0.3 is 0 Å². The molecule has 0 radical (unpaired) electrons. The zero-order valence-corrected chi connectivity index (χ0v) is 12.4. The van der Waals surface area contributed by atoms with E-state index in [2.05, 4.69) is 13.8 Å². The van der Waals surface area contributed by atoms with Crippen LogP contribution in [0.2, 0.25) is 0 Å². The maximum atomic E-state index is 13.6. The summed E-state index contributed by atoms with van der Waals surface area (Å²) in [4.78, 5) is 2.00. The lowest BCUT2D eigenvalue weighted by molar-refractivity contribution is 0.334. The van der Waals surface area contributed by atoms with Gasteiger partial charge in [-0.3, -0.25) is 0 Å². The third-order valence-corrected chi connectivity index (χ3v) is 3.81. The Balaban J connectivity index is 2.42. The van der Waals surface area contributed by atoms with Crippen LogP contribution in [-0.4, -0.2) is 20.1 Å². The molecule has 2 N–H and O–H groups in total. The van der Waals surface area contributed by atoms with E-state index in [-0.39, 0.29) is 5.82 Å². The van der Waals surface area contributed by atoms with Crippen molar-refractivity contribution in [1.29, 1.82) is 0 Å². The molecule has 0 fully saturated rings. The van der Waals surface area contributed by atoms with E-state index in [1.807, 2.05) is 24.1 Å². The Hall–Kier alpha value is -1.09. The predicted molar refractivity (Wildman–Crippen MR) is 80.9 cm³/mol. The quantitative estimate of drug-likeness (QED) is 0.778. The number of halogens is 1. The zero-order valence-electron chi connectivity index (χ0n) is 12.4. The first-order chi connectivity index (χ1) is 9.06. The first-order valence-electron chi connectivity index (χ1n) is 7.22. The number of para-hydroxylation sites is 1. The molecular weight excluding hydrogens is 239 g/mol.